The van der Waals surface area contributed by atoms with Crippen molar-refractivity contribution in [1.82, 2.24) is 0 Å². The highest BCUT2D eigenvalue weighted by Crippen LogP contribution is 2.35. The second-order valence-corrected chi connectivity index (χ2v) is 6.47. The first kappa shape index (κ1) is 19.8. The summed E-state index contributed by atoms with van der Waals surface area (Å²) >= 11 is 6.11. The van der Waals surface area contributed by atoms with Gasteiger partial charge in [0.2, 0.25) is 0 Å². The van der Waals surface area contributed by atoms with Crippen molar-refractivity contribution < 1.29 is 32.4 Å². The van der Waals surface area contributed by atoms with Crippen LogP contribution in [-0.4, -0.2) is 22.4 Å². The van der Waals surface area contributed by atoms with Crippen molar-refractivity contribution in [3.8, 4) is 5.75 Å². The Morgan fingerprint density at radius 3 is 2.57 bits per heavy atom. The van der Waals surface area contributed by atoms with Gasteiger partial charge in [0.25, 0.3) is 0 Å². The Hall–Kier alpha value is -1.27. The van der Waals surface area contributed by atoms with Crippen LogP contribution in [-0.2, 0) is 13.0 Å². The van der Waals surface area contributed by atoms with E-state index in [0.29, 0.717) is 24.1 Å². The second-order valence-electron chi connectivity index (χ2n) is 6.06. The Morgan fingerprint density at radius 2 is 2.00 bits per heavy atom. The van der Waals surface area contributed by atoms with Crippen LogP contribution in [0.5, 0.6) is 5.75 Å². The smallest absolute Gasteiger partial charge is 0.336 e. The Labute approximate surface area is 145 Å². The molecule has 128 valence electrons. The summed E-state index contributed by atoms with van der Waals surface area (Å²) in [6.07, 6.45) is 0.661. The SMILES string of the molecule is CCc1cc(=O)oc2c(C[NH2+]C(C)(C)CO)c(O)c(Cl)cc12.[Cl-]. The predicted molar refractivity (Wildman–Crippen MR) is 85.3 cm³/mol. The molecule has 0 bridgehead atoms. The first-order valence-electron chi connectivity index (χ1n) is 7.21. The van der Waals surface area contributed by atoms with Crippen molar-refractivity contribution in [3.05, 3.63) is 38.7 Å². The summed E-state index contributed by atoms with van der Waals surface area (Å²) in [5, 5.41) is 22.4. The monoisotopic (exact) mass is 361 g/mol. The number of hydrogen-bond acceptors (Lipinski definition) is 4. The Bertz CT molecular complexity index is 756. The normalized spacial score (nSPS) is 11.5. The van der Waals surface area contributed by atoms with Crippen LogP contribution < -0.4 is 23.3 Å². The number of halogens is 2. The highest BCUT2D eigenvalue weighted by atomic mass is 35.5. The average molecular weight is 362 g/mol. The van der Waals surface area contributed by atoms with Gasteiger partial charge in [-0.25, -0.2) is 4.79 Å². The fraction of sp³-hybridized carbons (Fsp3) is 0.438. The van der Waals surface area contributed by atoms with Gasteiger partial charge in [-0.05, 0) is 31.9 Å². The molecule has 0 atom stereocenters. The van der Waals surface area contributed by atoms with Crippen LogP contribution in [0.1, 0.15) is 31.9 Å². The molecule has 1 aromatic carbocycles. The van der Waals surface area contributed by atoms with Crippen LogP contribution in [0.25, 0.3) is 11.0 Å². The summed E-state index contributed by atoms with van der Waals surface area (Å²) in [6, 6.07) is 3.07. The molecule has 0 spiro atoms. The molecule has 0 radical (unpaired) electrons. The average Bonchev–Trinajstić information content (AvgIpc) is 2.47. The van der Waals surface area contributed by atoms with Gasteiger partial charge in [-0.15, -0.1) is 0 Å². The van der Waals surface area contributed by atoms with Gasteiger partial charge in [0, 0.05) is 11.5 Å². The standard InChI is InChI=1S/C16H20ClNO4.ClH/c1-4-9-5-13(20)22-15-10(9)6-12(17)14(21)11(15)7-18-16(2,3)8-19;/h5-6,18-19,21H,4,7-8H2,1-3H3;1H. The van der Waals surface area contributed by atoms with Crippen LogP contribution in [0.15, 0.2) is 21.3 Å². The van der Waals surface area contributed by atoms with E-state index in [-0.39, 0.29) is 29.8 Å². The largest absolute Gasteiger partial charge is 1.00 e. The molecule has 0 amide bonds. The van der Waals surface area contributed by atoms with Gasteiger partial charge in [-0.2, -0.15) is 0 Å². The molecule has 0 fully saturated rings. The molecule has 7 heteroatoms. The molecule has 0 unspecified atom stereocenters. The van der Waals surface area contributed by atoms with E-state index in [1.165, 1.54) is 6.07 Å². The fourth-order valence-corrected chi connectivity index (χ4v) is 2.53. The van der Waals surface area contributed by atoms with Crippen molar-refractivity contribution >= 4 is 22.6 Å². The van der Waals surface area contributed by atoms with Gasteiger partial charge in [-0.3, -0.25) is 0 Å². The van der Waals surface area contributed by atoms with E-state index in [1.807, 2.05) is 26.1 Å². The molecular weight excluding hydrogens is 341 g/mol. The Kier molecular flexibility index (Phi) is 6.48. The number of benzene rings is 1. The number of phenolic OH excluding ortho intramolecular Hbond substituents is 1. The summed E-state index contributed by atoms with van der Waals surface area (Å²) in [7, 11) is 0. The summed E-state index contributed by atoms with van der Waals surface area (Å²) in [6.45, 7) is 6.02. The summed E-state index contributed by atoms with van der Waals surface area (Å²) in [5.41, 5.74) is 0.793. The van der Waals surface area contributed by atoms with E-state index in [9.17, 15) is 15.0 Å². The summed E-state index contributed by atoms with van der Waals surface area (Å²) in [5.74, 6) is -0.0874. The summed E-state index contributed by atoms with van der Waals surface area (Å²) < 4.78 is 5.31. The second kappa shape index (κ2) is 7.53. The van der Waals surface area contributed by atoms with Crippen LogP contribution in [0, 0.1) is 0 Å². The number of phenols is 1. The zero-order chi connectivity index (χ0) is 16.5. The van der Waals surface area contributed by atoms with Crippen LogP contribution in [0.3, 0.4) is 0 Å². The zero-order valence-corrected chi connectivity index (χ0v) is 14.8. The molecule has 0 saturated heterocycles. The zero-order valence-electron chi connectivity index (χ0n) is 13.3. The van der Waals surface area contributed by atoms with Crippen molar-refractivity contribution in [2.45, 2.75) is 39.3 Å². The third kappa shape index (κ3) is 4.18. The molecular formula is C16H21Cl2NO4. The maximum absolute atomic E-state index is 11.7. The van der Waals surface area contributed by atoms with Crippen LogP contribution in [0.2, 0.25) is 5.02 Å². The van der Waals surface area contributed by atoms with Gasteiger partial charge in [0.1, 0.15) is 17.8 Å². The van der Waals surface area contributed by atoms with Gasteiger partial charge < -0.3 is 32.4 Å². The molecule has 0 aliphatic rings. The van der Waals surface area contributed by atoms with E-state index in [4.69, 9.17) is 16.0 Å². The first-order valence-corrected chi connectivity index (χ1v) is 7.59. The van der Waals surface area contributed by atoms with Gasteiger partial charge in [0.05, 0.1) is 17.2 Å². The Morgan fingerprint density at radius 1 is 1.35 bits per heavy atom. The number of aliphatic hydroxyl groups is 1. The maximum Gasteiger partial charge on any atom is 0.336 e. The minimum Gasteiger partial charge on any atom is -1.00 e. The van der Waals surface area contributed by atoms with Crippen LogP contribution >= 0.6 is 11.6 Å². The van der Waals surface area contributed by atoms with Gasteiger partial charge in [-0.1, -0.05) is 18.5 Å². The first-order chi connectivity index (χ1) is 10.3. The minimum atomic E-state index is -0.450. The molecule has 23 heavy (non-hydrogen) atoms. The maximum atomic E-state index is 11.7. The van der Waals surface area contributed by atoms with Crippen molar-refractivity contribution in [1.29, 1.82) is 0 Å². The van der Waals surface area contributed by atoms with E-state index in [1.54, 1.807) is 6.07 Å². The molecule has 2 rings (SSSR count). The number of nitrogens with two attached hydrogens (primary N) is 1. The molecule has 4 N–H and O–H groups in total. The summed E-state index contributed by atoms with van der Waals surface area (Å²) in [4.78, 5) is 11.7. The lowest BCUT2D eigenvalue weighted by atomic mass is 10.0. The van der Waals surface area contributed by atoms with E-state index in [0.717, 1.165) is 10.9 Å². The quantitative estimate of drug-likeness (QED) is 0.569. The third-order valence-corrected chi connectivity index (χ3v) is 4.08. The highest BCUT2D eigenvalue weighted by Gasteiger charge is 2.23. The molecule has 5 nitrogen and oxygen atoms in total. The molecule has 0 aliphatic heterocycles. The van der Waals surface area contributed by atoms with E-state index < -0.39 is 11.2 Å². The van der Waals surface area contributed by atoms with Gasteiger partial charge in [0.15, 0.2) is 5.58 Å². The number of quaternary nitrogens is 1. The van der Waals surface area contributed by atoms with Crippen LogP contribution in [0.4, 0.5) is 0 Å². The number of rotatable bonds is 5. The van der Waals surface area contributed by atoms with Crippen molar-refractivity contribution in [2.24, 2.45) is 0 Å². The van der Waals surface area contributed by atoms with Gasteiger partial charge >= 0.3 is 5.63 Å². The lowest BCUT2D eigenvalue weighted by molar-refractivity contribution is -0.736. The van der Waals surface area contributed by atoms with Crippen molar-refractivity contribution in [2.75, 3.05) is 6.61 Å². The fourth-order valence-electron chi connectivity index (χ4n) is 2.30. The number of aromatic hydroxyl groups is 1. The lowest BCUT2D eigenvalue weighted by Crippen LogP contribution is -3.00. The third-order valence-electron chi connectivity index (χ3n) is 3.79. The highest BCUT2D eigenvalue weighted by molar-refractivity contribution is 6.33. The number of hydrogen-bond donors (Lipinski definition) is 3. The molecule has 0 saturated carbocycles. The van der Waals surface area contributed by atoms with E-state index in [2.05, 4.69) is 0 Å². The number of fused-ring (bicyclic) bond motifs is 1. The lowest BCUT2D eigenvalue weighted by Gasteiger charge is -2.20. The minimum absolute atomic E-state index is 0. The molecule has 1 aromatic heterocycles. The van der Waals surface area contributed by atoms with Crippen molar-refractivity contribution in [3.63, 3.8) is 0 Å². The topological polar surface area (TPSA) is 87.3 Å². The Balaban J connectivity index is 0.00000264. The number of aryl methyl sites for hydroxylation is 1. The number of aliphatic hydroxyl groups excluding tert-OH is 1. The van der Waals surface area contributed by atoms with E-state index >= 15 is 0 Å². The molecule has 0 aliphatic carbocycles. The molecule has 2 aromatic rings. The molecule has 1 heterocycles. The predicted octanol–water partition coefficient (Wildman–Crippen LogP) is -1.45.